The summed E-state index contributed by atoms with van der Waals surface area (Å²) in [6.07, 6.45) is 1.80. The number of nitrogens with one attached hydrogen (secondary N) is 1. The van der Waals surface area contributed by atoms with Crippen molar-refractivity contribution in [2.24, 2.45) is 0 Å². The van der Waals surface area contributed by atoms with Gasteiger partial charge in [-0.1, -0.05) is 13.8 Å². The Morgan fingerprint density at radius 3 is 2.38 bits per heavy atom. The second-order valence-electron chi connectivity index (χ2n) is 5.08. The van der Waals surface area contributed by atoms with E-state index in [1.165, 1.54) is 0 Å². The summed E-state index contributed by atoms with van der Waals surface area (Å²) in [5.74, 6) is 1.47. The van der Waals surface area contributed by atoms with Gasteiger partial charge in [-0.05, 0) is 31.2 Å². The molecule has 5 heteroatoms. The van der Waals surface area contributed by atoms with Crippen molar-refractivity contribution in [1.29, 1.82) is 0 Å². The lowest BCUT2D eigenvalue weighted by atomic mass is 10.2. The van der Waals surface area contributed by atoms with Crippen LogP contribution in [-0.4, -0.2) is 23.1 Å². The molecule has 0 spiro atoms. The molecule has 0 saturated heterocycles. The molecule has 2 rings (SSSR count). The molecular weight excluding hydrogens is 266 g/mol. The number of aryl methyl sites for hydroxylation is 1. The Labute approximate surface area is 125 Å². The highest BCUT2D eigenvalue weighted by Crippen LogP contribution is 2.21. The van der Waals surface area contributed by atoms with Crippen molar-refractivity contribution >= 4 is 0 Å². The molecule has 0 fully saturated rings. The van der Waals surface area contributed by atoms with Gasteiger partial charge in [0, 0.05) is 30.0 Å². The Balaban J connectivity index is 2.05. The molecule has 0 aliphatic rings. The number of rotatable bonds is 6. The standard InChI is InChI=1S/C16H21N3O2/c1-11(2)17-9-13-10-18-16(19-12(13)3)21-15-7-5-14(20-4)6-8-15/h5-8,10-11,17H,9H2,1-4H3. The maximum absolute atomic E-state index is 5.64. The van der Waals surface area contributed by atoms with Gasteiger partial charge in [-0.2, -0.15) is 4.98 Å². The molecule has 1 heterocycles. The lowest BCUT2D eigenvalue weighted by Gasteiger charge is -2.11. The molecule has 0 bridgehead atoms. The van der Waals surface area contributed by atoms with E-state index in [0.29, 0.717) is 17.8 Å². The largest absolute Gasteiger partial charge is 0.497 e. The summed E-state index contributed by atoms with van der Waals surface area (Å²) in [6, 6.07) is 8.11. The first kappa shape index (κ1) is 15.3. The average molecular weight is 287 g/mol. The molecule has 0 radical (unpaired) electrons. The van der Waals surface area contributed by atoms with E-state index in [0.717, 1.165) is 23.6 Å². The van der Waals surface area contributed by atoms with Gasteiger partial charge in [-0.3, -0.25) is 0 Å². The molecule has 21 heavy (non-hydrogen) atoms. The summed E-state index contributed by atoms with van der Waals surface area (Å²) in [5, 5.41) is 3.35. The van der Waals surface area contributed by atoms with Crippen molar-refractivity contribution in [1.82, 2.24) is 15.3 Å². The number of ether oxygens (including phenoxy) is 2. The maximum Gasteiger partial charge on any atom is 0.322 e. The molecule has 0 aliphatic heterocycles. The van der Waals surface area contributed by atoms with Crippen LogP contribution in [0.25, 0.3) is 0 Å². The third-order valence-electron chi connectivity index (χ3n) is 3.03. The normalized spacial score (nSPS) is 10.7. The van der Waals surface area contributed by atoms with E-state index in [-0.39, 0.29) is 0 Å². The summed E-state index contributed by atoms with van der Waals surface area (Å²) in [6.45, 7) is 6.93. The Kier molecular flexibility index (Phi) is 5.11. The first-order chi connectivity index (χ1) is 10.1. The zero-order valence-electron chi connectivity index (χ0n) is 12.9. The van der Waals surface area contributed by atoms with Gasteiger partial charge in [0.15, 0.2) is 0 Å². The first-order valence-corrected chi connectivity index (χ1v) is 6.96. The van der Waals surface area contributed by atoms with Gasteiger partial charge >= 0.3 is 6.01 Å². The quantitative estimate of drug-likeness (QED) is 0.884. The third-order valence-corrected chi connectivity index (χ3v) is 3.03. The zero-order chi connectivity index (χ0) is 15.2. The maximum atomic E-state index is 5.64. The van der Waals surface area contributed by atoms with Gasteiger partial charge in [0.1, 0.15) is 11.5 Å². The number of nitrogens with zero attached hydrogens (tertiary/aromatic N) is 2. The average Bonchev–Trinajstić information content (AvgIpc) is 2.47. The van der Waals surface area contributed by atoms with Crippen molar-refractivity contribution in [2.75, 3.05) is 7.11 Å². The van der Waals surface area contributed by atoms with Crippen LogP contribution in [0.5, 0.6) is 17.5 Å². The molecule has 2 aromatic rings. The molecule has 5 nitrogen and oxygen atoms in total. The highest BCUT2D eigenvalue weighted by atomic mass is 16.5. The SMILES string of the molecule is COc1ccc(Oc2ncc(CNC(C)C)c(C)n2)cc1. The van der Waals surface area contributed by atoms with Gasteiger partial charge in [0.2, 0.25) is 0 Å². The molecule has 0 atom stereocenters. The number of methoxy groups -OCH3 is 1. The highest BCUT2D eigenvalue weighted by molar-refractivity contribution is 5.32. The minimum absolute atomic E-state index is 0.353. The lowest BCUT2D eigenvalue weighted by Crippen LogP contribution is -2.22. The van der Waals surface area contributed by atoms with E-state index in [4.69, 9.17) is 9.47 Å². The number of hydrogen-bond acceptors (Lipinski definition) is 5. The van der Waals surface area contributed by atoms with Crippen LogP contribution in [0.3, 0.4) is 0 Å². The Morgan fingerprint density at radius 1 is 1.14 bits per heavy atom. The van der Waals surface area contributed by atoms with Crippen LogP contribution in [-0.2, 0) is 6.54 Å². The van der Waals surface area contributed by atoms with E-state index in [1.807, 2.05) is 31.2 Å². The zero-order valence-corrected chi connectivity index (χ0v) is 12.9. The predicted octanol–water partition coefficient (Wildman–Crippen LogP) is 3.08. The fourth-order valence-electron chi connectivity index (χ4n) is 1.76. The topological polar surface area (TPSA) is 56.3 Å². The van der Waals surface area contributed by atoms with Crippen molar-refractivity contribution < 1.29 is 9.47 Å². The minimum Gasteiger partial charge on any atom is -0.497 e. The summed E-state index contributed by atoms with van der Waals surface area (Å²) in [4.78, 5) is 8.64. The van der Waals surface area contributed by atoms with E-state index in [2.05, 4.69) is 29.1 Å². The molecule has 112 valence electrons. The molecule has 0 unspecified atom stereocenters. The van der Waals surface area contributed by atoms with Crippen molar-refractivity contribution in [2.45, 2.75) is 33.4 Å². The van der Waals surface area contributed by atoms with Crippen LogP contribution >= 0.6 is 0 Å². The minimum atomic E-state index is 0.353. The monoisotopic (exact) mass is 287 g/mol. The van der Waals surface area contributed by atoms with Crippen LogP contribution in [0.15, 0.2) is 30.5 Å². The fourth-order valence-corrected chi connectivity index (χ4v) is 1.76. The number of aromatic nitrogens is 2. The summed E-state index contributed by atoms with van der Waals surface area (Å²) in [7, 11) is 1.63. The fraction of sp³-hybridized carbons (Fsp3) is 0.375. The molecule has 0 amide bonds. The van der Waals surface area contributed by atoms with Gasteiger partial charge in [-0.25, -0.2) is 4.98 Å². The summed E-state index contributed by atoms with van der Waals surface area (Å²) >= 11 is 0. The third kappa shape index (κ3) is 4.43. The number of benzene rings is 1. The second kappa shape index (κ2) is 7.04. The number of hydrogen-bond donors (Lipinski definition) is 1. The van der Waals surface area contributed by atoms with E-state index >= 15 is 0 Å². The Bertz CT molecular complexity index is 583. The van der Waals surface area contributed by atoms with Crippen molar-refractivity contribution in [3.8, 4) is 17.5 Å². The molecule has 0 saturated carbocycles. The summed E-state index contributed by atoms with van der Waals surface area (Å²) in [5.41, 5.74) is 1.99. The van der Waals surface area contributed by atoms with E-state index in [1.54, 1.807) is 13.3 Å². The van der Waals surface area contributed by atoms with Gasteiger partial charge in [0.25, 0.3) is 0 Å². The Morgan fingerprint density at radius 2 is 1.81 bits per heavy atom. The molecule has 1 aromatic heterocycles. The van der Waals surface area contributed by atoms with Crippen molar-refractivity contribution in [3.63, 3.8) is 0 Å². The molecular formula is C16H21N3O2. The van der Waals surface area contributed by atoms with Crippen LogP contribution in [0.1, 0.15) is 25.1 Å². The van der Waals surface area contributed by atoms with Crippen molar-refractivity contribution in [3.05, 3.63) is 41.7 Å². The Hall–Kier alpha value is -2.14. The molecule has 1 N–H and O–H groups in total. The molecule has 1 aromatic carbocycles. The second-order valence-corrected chi connectivity index (χ2v) is 5.08. The van der Waals surface area contributed by atoms with Crippen LogP contribution < -0.4 is 14.8 Å². The summed E-state index contributed by atoms with van der Waals surface area (Å²) < 4.78 is 10.7. The highest BCUT2D eigenvalue weighted by Gasteiger charge is 2.06. The molecule has 0 aliphatic carbocycles. The predicted molar refractivity (Wildman–Crippen MR) is 81.8 cm³/mol. The van der Waals surface area contributed by atoms with E-state index < -0.39 is 0 Å². The van der Waals surface area contributed by atoms with Crippen LogP contribution in [0.2, 0.25) is 0 Å². The van der Waals surface area contributed by atoms with E-state index in [9.17, 15) is 0 Å². The smallest absolute Gasteiger partial charge is 0.322 e. The van der Waals surface area contributed by atoms with Gasteiger partial charge in [-0.15, -0.1) is 0 Å². The first-order valence-electron chi connectivity index (χ1n) is 6.96. The van der Waals surface area contributed by atoms with Gasteiger partial charge in [0.05, 0.1) is 7.11 Å². The van der Waals surface area contributed by atoms with Crippen LogP contribution in [0.4, 0.5) is 0 Å². The van der Waals surface area contributed by atoms with Gasteiger partial charge < -0.3 is 14.8 Å². The van der Waals surface area contributed by atoms with Crippen LogP contribution in [0, 0.1) is 6.92 Å². The lowest BCUT2D eigenvalue weighted by molar-refractivity contribution is 0.410.